The molecule has 0 spiro atoms. The molecule has 1 aromatic heterocycles. The SMILES string of the molecule is N#Cc1c(N2C(=O)[C@@H]3[C@@H]4C(=O)Oc5c(ccc6ccccc56)C4=C[C@@H](c4ccc5c(c4)OCO5)[C@H]3C2=O)sc2c1CCC2. The molecule has 210 valence electrons. The Hall–Kier alpha value is -4.94. The molecule has 2 amide bonds. The number of carbonyl (C=O) groups excluding carboxylic acids is 3. The second kappa shape index (κ2) is 8.79. The molecule has 2 aliphatic carbocycles. The Bertz CT molecular complexity index is 2040. The van der Waals surface area contributed by atoms with E-state index in [4.69, 9.17) is 14.2 Å². The molecular weight excluding hydrogens is 564 g/mol. The van der Waals surface area contributed by atoms with Crippen molar-refractivity contribution < 1.29 is 28.6 Å². The van der Waals surface area contributed by atoms with Gasteiger partial charge in [0.2, 0.25) is 18.6 Å². The van der Waals surface area contributed by atoms with Crippen LogP contribution in [0, 0.1) is 29.1 Å². The highest BCUT2D eigenvalue weighted by Gasteiger charge is 2.61. The molecule has 1 fully saturated rings. The third-order valence-corrected chi connectivity index (χ3v) is 10.8. The number of hydrogen-bond donors (Lipinski definition) is 0. The molecule has 0 radical (unpaired) electrons. The zero-order valence-corrected chi connectivity index (χ0v) is 23.5. The molecular formula is C34H22N2O6S. The van der Waals surface area contributed by atoms with Crippen LogP contribution in [0.5, 0.6) is 17.2 Å². The smallest absolute Gasteiger partial charge is 0.319 e. The number of anilines is 1. The highest BCUT2D eigenvalue weighted by Crippen LogP contribution is 2.57. The van der Waals surface area contributed by atoms with Gasteiger partial charge < -0.3 is 14.2 Å². The van der Waals surface area contributed by atoms with Crippen molar-refractivity contribution in [2.24, 2.45) is 17.8 Å². The summed E-state index contributed by atoms with van der Waals surface area (Å²) in [7, 11) is 0. The van der Waals surface area contributed by atoms with Crippen LogP contribution in [0.3, 0.4) is 0 Å². The van der Waals surface area contributed by atoms with Crippen molar-refractivity contribution in [2.45, 2.75) is 25.2 Å². The van der Waals surface area contributed by atoms with Crippen molar-refractivity contribution in [1.29, 1.82) is 5.26 Å². The van der Waals surface area contributed by atoms with E-state index in [1.54, 1.807) is 0 Å². The maximum absolute atomic E-state index is 14.5. The van der Waals surface area contributed by atoms with Crippen LogP contribution in [0.4, 0.5) is 5.00 Å². The molecule has 0 bridgehead atoms. The fourth-order valence-corrected chi connectivity index (χ4v) is 8.95. The summed E-state index contributed by atoms with van der Waals surface area (Å²) in [5, 5.41) is 12.2. The molecule has 4 atom stereocenters. The number of allylic oxidation sites excluding steroid dienone is 1. The minimum absolute atomic E-state index is 0.107. The Kier molecular flexibility index (Phi) is 5.03. The predicted octanol–water partition coefficient (Wildman–Crippen LogP) is 5.51. The summed E-state index contributed by atoms with van der Waals surface area (Å²) in [6.07, 6.45) is 4.49. The number of carbonyl (C=O) groups is 3. The number of hydrogen-bond acceptors (Lipinski definition) is 8. The van der Waals surface area contributed by atoms with Crippen LogP contribution >= 0.6 is 11.3 Å². The second-order valence-corrected chi connectivity index (χ2v) is 12.6. The number of benzene rings is 3. The van der Waals surface area contributed by atoms with Gasteiger partial charge in [-0.25, -0.2) is 4.90 Å². The lowest BCUT2D eigenvalue weighted by Crippen LogP contribution is -2.42. The number of esters is 1. The summed E-state index contributed by atoms with van der Waals surface area (Å²) < 4.78 is 17.2. The molecule has 8 nitrogen and oxygen atoms in total. The molecule has 4 aromatic rings. The molecule has 0 unspecified atom stereocenters. The van der Waals surface area contributed by atoms with Crippen molar-refractivity contribution in [3.63, 3.8) is 0 Å². The Morgan fingerprint density at radius 1 is 0.930 bits per heavy atom. The largest absolute Gasteiger partial charge is 0.454 e. The first kappa shape index (κ1) is 24.6. The van der Waals surface area contributed by atoms with Crippen LogP contribution in [0.25, 0.3) is 16.3 Å². The zero-order valence-electron chi connectivity index (χ0n) is 22.7. The number of thiophene rings is 1. The molecule has 5 aliphatic rings. The van der Waals surface area contributed by atoms with Crippen LogP contribution in [0.15, 0.2) is 60.7 Å². The third kappa shape index (κ3) is 3.27. The first-order chi connectivity index (χ1) is 21.0. The van der Waals surface area contributed by atoms with Gasteiger partial charge >= 0.3 is 5.97 Å². The lowest BCUT2D eigenvalue weighted by atomic mass is 9.64. The summed E-state index contributed by atoms with van der Waals surface area (Å²) in [5.41, 5.74) is 3.52. The Labute approximate surface area is 249 Å². The molecule has 1 saturated heterocycles. The zero-order chi connectivity index (χ0) is 29.0. The lowest BCUT2D eigenvalue weighted by Gasteiger charge is -2.38. The number of ether oxygens (including phenoxy) is 3. The van der Waals surface area contributed by atoms with E-state index < -0.39 is 41.5 Å². The average Bonchev–Trinajstić information content (AvgIpc) is 3.80. The van der Waals surface area contributed by atoms with Gasteiger partial charge in [-0.05, 0) is 53.5 Å². The van der Waals surface area contributed by atoms with Gasteiger partial charge in [0.1, 0.15) is 16.8 Å². The van der Waals surface area contributed by atoms with Gasteiger partial charge in [0.15, 0.2) is 11.5 Å². The van der Waals surface area contributed by atoms with E-state index in [0.717, 1.165) is 51.6 Å². The van der Waals surface area contributed by atoms with Gasteiger partial charge in [0.05, 0.1) is 23.3 Å². The van der Waals surface area contributed by atoms with E-state index in [2.05, 4.69) is 6.07 Å². The van der Waals surface area contributed by atoms with E-state index in [-0.39, 0.29) is 6.79 Å². The van der Waals surface area contributed by atoms with E-state index in [9.17, 15) is 19.6 Å². The van der Waals surface area contributed by atoms with Gasteiger partial charge in [-0.3, -0.25) is 14.4 Å². The number of imide groups is 1. The van der Waals surface area contributed by atoms with Crippen molar-refractivity contribution in [3.8, 4) is 23.3 Å². The normalized spacial score (nSPS) is 24.7. The number of rotatable bonds is 2. The van der Waals surface area contributed by atoms with E-state index >= 15 is 0 Å². The first-order valence-corrected chi connectivity index (χ1v) is 15.1. The summed E-state index contributed by atoms with van der Waals surface area (Å²) in [6, 6.07) is 19.4. The van der Waals surface area contributed by atoms with Crippen LogP contribution in [0.1, 0.15) is 39.5 Å². The third-order valence-electron chi connectivity index (χ3n) is 9.48. The Balaban J connectivity index is 1.25. The standard InChI is InChI=1S/C34H22N2O6S/c35-14-23-19-6-3-7-26(19)43-33(23)36-31(37)27-21(17-9-11-24-25(12-17)41-15-40-24)13-22-20-10-8-16-4-1-2-5-18(16)30(20)42-34(39)28(22)29(27)32(36)38/h1-2,4-5,8-13,21,27-29H,3,6-7,15H2/t21-,27+,28+,29-/m0/s1. The number of fused-ring (bicyclic) bond motifs is 9. The van der Waals surface area contributed by atoms with E-state index in [0.29, 0.717) is 33.4 Å². The summed E-state index contributed by atoms with van der Waals surface area (Å²) in [6.45, 7) is 0.107. The molecule has 9 heteroatoms. The van der Waals surface area contributed by atoms with Crippen LogP contribution in [-0.4, -0.2) is 24.6 Å². The summed E-state index contributed by atoms with van der Waals surface area (Å²) >= 11 is 1.35. The lowest BCUT2D eigenvalue weighted by molar-refractivity contribution is -0.142. The summed E-state index contributed by atoms with van der Waals surface area (Å²) in [4.78, 5) is 45.0. The van der Waals surface area contributed by atoms with E-state index in [1.807, 2.05) is 60.7 Å². The van der Waals surface area contributed by atoms with Crippen LogP contribution in [-0.2, 0) is 27.2 Å². The molecule has 3 aromatic carbocycles. The monoisotopic (exact) mass is 586 g/mol. The quantitative estimate of drug-likeness (QED) is 0.173. The van der Waals surface area contributed by atoms with Crippen molar-refractivity contribution in [1.82, 2.24) is 0 Å². The van der Waals surface area contributed by atoms with Crippen molar-refractivity contribution in [2.75, 3.05) is 11.7 Å². The highest BCUT2D eigenvalue weighted by atomic mass is 32.1. The number of amides is 2. The molecule has 3 aliphatic heterocycles. The van der Waals surface area contributed by atoms with Crippen molar-refractivity contribution >= 4 is 50.5 Å². The topological polar surface area (TPSA) is 106 Å². The Morgan fingerprint density at radius 3 is 2.65 bits per heavy atom. The molecule has 43 heavy (non-hydrogen) atoms. The number of nitrogens with zero attached hydrogens (tertiary/aromatic N) is 2. The maximum atomic E-state index is 14.5. The summed E-state index contributed by atoms with van der Waals surface area (Å²) in [5.74, 6) is -3.11. The second-order valence-electron chi connectivity index (χ2n) is 11.5. The minimum atomic E-state index is -0.987. The molecule has 9 rings (SSSR count). The van der Waals surface area contributed by atoms with Crippen molar-refractivity contribution in [3.05, 3.63) is 87.8 Å². The molecule has 0 saturated carbocycles. The van der Waals surface area contributed by atoms with Gasteiger partial charge in [0, 0.05) is 21.7 Å². The number of nitriles is 1. The number of aryl methyl sites for hydroxylation is 1. The van der Waals surface area contributed by atoms with Crippen LogP contribution in [0.2, 0.25) is 0 Å². The van der Waals surface area contributed by atoms with Gasteiger partial charge in [-0.15, -0.1) is 11.3 Å². The van der Waals surface area contributed by atoms with Crippen LogP contribution < -0.4 is 19.1 Å². The fourth-order valence-electron chi connectivity index (χ4n) is 7.60. The first-order valence-electron chi connectivity index (χ1n) is 14.3. The van der Waals surface area contributed by atoms with Gasteiger partial charge in [0.25, 0.3) is 0 Å². The molecule has 0 N–H and O–H groups in total. The minimum Gasteiger partial charge on any atom is -0.454 e. The van der Waals surface area contributed by atoms with Gasteiger partial charge in [-0.1, -0.05) is 48.5 Å². The average molecular weight is 587 g/mol. The van der Waals surface area contributed by atoms with Gasteiger partial charge in [-0.2, -0.15) is 5.26 Å². The molecule has 4 heterocycles. The fraction of sp³-hybridized carbons (Fsp3) is 0.235. The Morgan fingerprint density at radius 2 is 1.77 bits per heavy atom. The predicted molar refractivity (Wildman–Crippen MR) is 157 cm³/mol. The highest BCUT2D eigenvalue weighted by molar-refractivity contribution is 7.17. The maximum Gasteiger partial charge on any atom is 0.319 e. The van der Waals surface area contributed by atoms with E-state index in [1.165, 1.54) is 16.2 Å².